The number of amides is 1. The number of carbonyl (C=O) groups excluding carboxylic acids is 1. The maximum Gasteiger partial charge on any atom is 0.225 e. The molecule has 1 amide bonds. The average molecular weight is 397 g/mol. The topological polar surface area (TPSA) is 23.6 Å². The lowest BCUT2D eigenvalue weighted by molar-refractivity contribution is -0.135. The summed E-state index contributed by atoms with van der Waals surface area (Å²) in [5, 5.41) is 0. The lowest BCUT2D eigenvalue weighted by atomic mass is 9.86. The molecule has 3 aliphatic rings. The van der Waals surface area contributed by atoms with Gasteiger partial charge in [-0.25, -0.2) is 0 Å². The molecule has 1 heterocycles. The standard InChI is InChI=1S/C26H40N2O/c1-19-20(2)25-18-22(28-15-8-5-9-16-28)12-13-24(25)23(19)14-17-27(3)26(29)21-10-6-4-7-11-21/h12-13,18-21,23H,4-11,14-17H2,1-3H3/t19-,20?,23?/m1/s1. The number of piperidine rings is 1. The van der Waals surface area contributed by atoms with Crippen molar-refractivity contribution in [2.24, 2.45) is 11.8 Å². The monoisotopic (exact) mass is 396 g/mol. The summed E-state index contributed by atoms with van der Waals surface area (Å²) in [7, 11) is 2.03. The van der Waals surface area contributed by atoms with Gasteiger partial charge in [0.05, 0.1) is 0 Å². The summed E-state index contributed by atoms with van der Waals surface area (Å²) in [6.45, 7) is 8.13. The Labute approximate surface area is 177 Å². The van der Waals surface area contributed by atoms with Gasteiger partial charge in [-0.05, 0) is 79.5 Å². The van der Waals surface area contributed by atoms with Gasteiger partial charge in [-0.1, -0.05) is 39.2 Å². The van der Waals surface area contributed by atoms with Gasteiger partial charge in [0.15, 0.2) is 0 Å². The third-order valence-corrected chi connectivity index (χ3v) is 8.21. The number of rotatable bonds is 5. The molecule has 0 bridgehead atoms. The van der Waals surface area contributed by atoms with E-state index >= 15 is 0 Å². The van der Waals surface area contributed by atoms with Crippen molar-refractivity contribution < 1.29 is 4.79 Å². The van der Waals surface area contributed by atoms with Gasteiger partial charge < -0.3 is 9.80 Å². The molecule has 1 aromatic carbocycles. The second kappa shape index (κ2) is 9.10. The molecule has 0 radical (unpaired) electrons. The van der Waals surface area contributed by atoms with E-state index in [-0.39, 0.29) is 5.92 Å². The van der Waals surface area contributed by atoms with E-state index < -0.39 is 0 Å². The van der Waals surface area contributed by atoms with E-state index in [1.807, 2.05) is 11.9 Å². The maximum atomic E-state index is 12.8. The van der Waals surface area contributed by atoms with E-state index in [0.29, 0.717) is 23.7 Å². The van der Waals surface area contributed by atoms with Crippen LogP contribution in [0.2, 0.25) is 0 Å². The Hall–Kier alpha value is -1.51. The third kappa shape index (κ3) is 4.34. The molecule has 2 fully saturated rings. The van der Waals surface area contributed by atoms with E-state index in [2.05, 4.69) is 36.9 Å². The van der Waals surface area contributed by atoms with Gasteiger partial charge in [0.2, 0.25) is 5.91 Å². The molecule has 1 saturated heterocycles. The highest BCUT2D eigenvalue weighted by molar-refractivity contribution is 5.78. The summed E-state index contributed by atoms with van der Waals surface area (Å²) < 4.78 is 0. The van der Waals surface area contributed by atoms with Crippen LogP contribution in [-0.4, -0.2) is 37.5 Å². The van der Waals surface area contributed by atoms with Crippen LogP contribution in [0.4, 0.5) is 5.69 Å². The smallest absolute Gasteiger partial charge is 0.225 e. The second-order valence-electron chi connectivity index (χ2n) is 10.00. The molecule has 2 unspecified atom stereocenters. The summed E-state index contributed by atoms with van der Waals surface area (Å²) in [5.74, 6) is 2.52. The first-order valence-corrected chi connectivity index (χ1v) is 12.2. The maximum absolute atomic E-state index is 12.8. The minimum atomic E-state index is 0.285. The molecule has 1 aromatic rings. The summed E-state index contributed by atoms with van der Waals surface area (Å²) in [4.78, 5) is 17.4. The predicted molar refractivity (Wildman–Crippen MR) is 122 cm³/mol. The molecule has 3 heteroatoms. The van der Waals surface area contributed by atoms with E-state index in [1.165, 1.54) is 57.3 Å². The van der Waals surface area contributed by atoms with Crippen LogP contribution in [0.25, 0.3) is 0 Å². The third-order valence-electron chi connectivity index (χ3n) is 8.21. The normalized spacial score (nSPS) is 27.7. The average Bonchev–Trinajstić information content (AvgIpc) is 3.02. The summed E-state index contributed by atoms with van der Waals surface area (Å²) in [6.07, 6.45) is 11.1. The molecule has 2 aliphatic carbocycles. The van der Waals surface area contributed by atoms with Crippen molar-refractivity contribution in [2.75, 3.05) is 31.6 Å². The Morgan fingerprint density at radius 1 is 1.00 bits per heavy atom. The van der Waals surface area contributed by atoms with Gasteiger partial charge in [-0.3, -0.25) is 4.79 Å². The molecule has 3 nitrogen and oxygen atoms in total. The van der Waals surface area contributed by atoms with Gasteiger partial charge in [0.25, 0.3) is 0 Å². The van der Waals surface area contributed by atoms with Crippen LogP contribution < -0.4 is 4.90 Å². The fraction of sp³-hybridized carbons (Fsp3) is 0.731. The van der Waals surface area contributed by atoms with Crippen LogP contribution in [0, 0.1) is 11.8 Å². The lowest BCUT2D eigenvalue weighted by Gasteiger charge is -2.29. The number of fused-ring (bicyclic) bond motifs is 1. The Morgan fingerprint density at radius 2 is 1.69 bits per heavy atom. The SMILES string of the molecule is CC1c2cc(N3CCCCC3)ccc2C(CCN(C)C(=O)C2CCCCC2)[C@@H]1C. The van der Waals surface area contributed by atoms with Gasteiger partial charge >= 0.3 is 0 Å². The van der Waals surface area contributed by atoms with Crippen LogP contribution in [0.5, 0.6) is 0 Å². The largest absolute Gasteiger partial charge is 0.372 e. The van der Waals surface area contributed by atoms with Crippen molar-refractivity contribution in [2.45, 2.75) is 83.5 Å². The van der Waals surface area contributed by atoms with Crippen LogP contribution in [0.1, 0.15) is 94.6 Å². The van der Waals surface area contributed by atoms with Gasteiger partial charge in [0.1, 0.15) is 0 Å². The molecule has 1 aliphatic heterocycles. The molecule has 160 valence electrons. The summed E-state index contributed by atoms with van der Waals surface area (Å²) >= 11 is 0. The van der Waals surface area contributed by atoms with E-state index in [4.69, 9.17) is 0 Å². The van der Waals surface area contributed by atoms with Crippen LogP contribution in [0.3, 0.4) is 0 Å². The van der Waals surface area contributed by atoms with Crippen LogP contribution in [0.15, 0.2) is 18.2 Å². The molecule has 0 N–H and O–H groups in total. The number of anilines is 1. The highest BCUT2D eigenvalue weighted by Crippen LogP contribution is 2.49. The van der Waals surface area contributed by atoms with E-state index in [0.717, 1.165) is 25.8 Å². The van der Waals surface area contributed by atoms with Crippen molar-refractivity contribution in [3.05, 3.63) is 29.3 Å². The highest BCUT2D eigenvalue weighted by Gasteiger charge is 2.36. The highest BCUT2D eigenvalue weighted by atomic mass is 16.2. The first kappa shape index (κ1) is 20.8. The minimum Gasteiger partial charge on any atom is -0.372 e. The van der Waals surface area contributed by atoms with Gasteiger partial charge in [-0.15, -0.1) is 0 Å². The van der Waals surface area contributed by atoms with Crippen LogP contribution in [-0.2, 0) is 4.79 Å². The van der Waals surface area contributed by atoms with Gasteiger partial charge in [0, 0.05) is 38.3 Å². The molecule has 0 aromatic heterocycles. The lowest BCUT2D eigenvalue weighted by Crippen LogP contribution is -2.35. The number of hydrogen-bond donors (Lipinski definition) is 0. The number of carbonyl (C=O) groups is 1. The quantitative estimate of drug-likeness (QED) is 0.615. The first-order chi connectivity index (χ1) is 14.1. The first-order valence-electron chi connectivity index (χ1n) is 12.2. The Bertz CT molecular complexity index is 703. The number of hydrogen-bond acceptors (Lipinski definition) is 2. The zero-order valence-corrected chi connectivity index (χ0v) is 18.8. The zero-order valence-electron chi connectivity index (χ0n) is 18.8. The van der Waals surface area contributed by atoms with Gasteiger partial charge in [-0.2, -0.15) is 0 Å². The number of benzene rings is 1. The molecular formula is C26H40N2O. The van der Waals surface area contributed by atoms with Crippen molar-refractivity contribution in [1.82, 2.24) is 4.90 Å². The van der Waals surface area contributed by atoms with E-state index in [9.17, 15) is 4.79 Å². The molecule has 0 spiro atoms. The van der Waals surface area contributed by atoms with Crippen molar-refractivity contribution >= 4 is 11.6 Å². The van der Waals surface area contributed by atoms with Crippen molar-refractivity contribution in [3.8, 4) is 0 Å². The minimum absolute atomic E-state index is 0.285. The van der Waals surface area contributed by atoms with Crippen molar-refractivity contribution in [3.63, 3.8) is 0 Å². The molecule has 4 rings (SSSR count). The van der Waals surface area contributed by atoms with Crippen molar-refractivity contribution in [1.29, 1.82) is 0 Å². The number of nitrogens with zero attached hydrogens (tertiary/aromatic N) is 2. The Morgan fingerprint density at radius 3 is 2.41 bits per heavy atom. The van der Waals surface area contributed by atoms with Crippen LogP contribution >= 0.6 is 0 Å². The Balaban J connectivity index is 1.42. The molecule has 29 heavy (non-hydrogen) atoms. The summed E-state index contributed by atoms with van der Waals surface area (Å²) in [6, 6.07) is 7.25. The summed E-state index contributed by atoms with van der Waals surface area (Å²) in [5.41, 5.74) is 4.53. The van der Waals surface area contributed by atoms with E-state index in [1.54, 1.807) is 11.1 Å². The molecular weight excluding hydrogens is 356 g/mol. The molecule has 1 saturated carbocycles. The second-order valence-corrected chi connectivity index (χ2v) is 10.00. The Kier molecular flexibility index (Phi) is 6.51. The molecule has 3 atom stereocenters. The zero-order chi connectivity index (χ0) is 20.4. The fourth-order valence-corrected chi connectivity index (χ4v) is 6.08. The fourth-order valence-electron chi connectivity index (χ4n) is 6.08. The predicted octanol–water partition coefficient (Wildman–Crippen LogP) is 5.94.